The molecule has 0 saturated carbocycles. The number of rotatable bonds is 5. The van der Waals surface area contributed by atoms with E-state index < -0.39 is 0 Å². The van der Waals surface area contributed by atoms with Crippen LogP contribution in [0.1, 0.15) is 24.0 Å². The van der Waals surface area contributed by atoms with Gasteiger partial charge in [0.2, 0.25) is 0 Å². The molecule has 0 radical (unpaired) electrons. The van der Waals surface area contributed by atoms with Gasteiger partial charge >= 0.3 is 6.03 Å². The number of hydrogen-bond donors (Lipinski definition) is 1. The van der Waals surface area contributed by atoms with E-state index in [0.717, 1.165) is 38.9 Å². The molecule has 1 N–H and O–H groups in total. The Balaban J connectivity index is 1.66. The summed E-state index contributed by atoms with van der Waals surface area (Å²) >= 11 is 0. The van der Waals surface area contributed by atoms with Crippen LogP contribution in [0.15, 0.2) is 36.9 Å². The van der Waals surface area contributed by atoms with Crippen LogP contribution in [0.25, 0.3) is 0 Å². The third kappa shape index (κ3) is 4.12. The van der Waals surface area contributed by atoms with Crippen LogP contribution in [-0.4, -0.2) is 30.6 Å². The van der Waals surface area contributed by atoms with E-state index in [1.807, 2.05) is 11.0 Å². The average Bonchev–Trinajstić information content (AvgIpc) is 2.92. The van der Waals surface area contributed by atoms with Crippen LogP contribution in [0, 0.1) is 12.8 Å². The molecule has 1 atom stereocenters. The number of urea groups is 1. The van der Waals surface area contributed by atoms with Gasteiger partial charge in [0.25, 0.3) is 0 Å². The van der Waals surface area contributed by atoms with E-state index in [0.29, 0.717) is 5.92 Å². The third-order valence-corrected chi connectivity index (χ3v) is 3.85. The highest BCUT2D eigenvalue weighted by atomic mass is 16.2. The van der Waals surface area contributed by atoms with Crippen molar-refractivity contribution in [3.05, 3.63) is 48.0 Å². The second-order valence-electron chi connectivity index (χ2n) is 5.56. The van der Waals surface area contributed by atoms with E-state index in [1.165, 1.54) is 11.1 Å². The largest absolute Gasteiger partial charge is 0.338 e. The van der Waals surface area contributed by atoms with Crippen molar-refractivity contribution >= 4 is 6.03 Å². The van der Waals surface area contributed by atoms with Crippen molar-refractivity contribution < 1.29 is 4.79 Å². The van der Waals surface area contributed by atoms with Gasteiger partial charge < -0.3 is 10.2 Å². The zero-order valence-corrected chi connectivity index (χ0v) is 12.3. The lowest BCUT2D eigenvalue weighted by atomic mass is 10.1. The summed E-state index contributed by atoms with van der Waals surface area (Å²) in [5, 5.41) is 3.01. The molecule has 0 spiro atoms. The normalized spacial score (nSPS) is 18.1. The summed E-state index contributed by atoms with van der Waals surface area (Å²) in [6.07, 6.45) is 4.98. The lowest BCUT2D eigenvalue weighted by Gasteiger charge is -2.16. The predicted octanol–water partition coefficient (Wildman–Crippen LogP) is 3.15. The van der Waals surface area contributed by atoms with E-state index in [9.17, 15) is 4.79 Å². The number of likely N-dealkylation sites (tertiary alicyclic amines) is 1. The summed E-state index contributed by atoms with van der Waals surface area (Å²) in [5.41, 5.74) is 2.63. The number of carbonyl (C=O) groups excluding carboxylic acids is 1. The maximum Gasteiger partial charge on any atom is 0.317 e. The number of aryl methyl sites for hydroxylation is 2. The van der Waals surface area contributed by atoms with Gasteiger partial charge in [-0.3, -0.25) is 0 Å². The van der Waals surface area contributed by atoms with E-state index in [-0.39, 0.29) is 6.03 Å². The molecule has 1 saturated heterocycles. The Bertz CT molecular complexity index is 470. The molecule has 2 amide bonds. The monoisotopic (exact) mass is 272 g/mol. The van der Waals surface area contributed by atoms with Crippen LogP contribution in [-0.2, 0) is 6.42 Å². The topological polar surface area (TPSA) is 32.3 Å². The van der Waals surface area contributed by atoms with Crippen LogP contribution < -0.4 is 5.32 Å². The van der Waals surface area contributed by atoms with Gasteiger partial charge in [0.05, 0.1) is 0 Å². The van der Waals surface area contributed by atoms with Crippen LogP contribution in [0.5, 0.6) is 0 Å². The molecule has 0 aliphatic carbocycles. The first-order valence-corrected chi connectivity index (χ1v) is 7.40. The summed E-state index contributed by atoms with van der Waals surface area (Å²) in [6.45, 7) is 8.30. The lowest BCUT2D eigenvalue weighted by molar-refractivity contribution is 0.208. The van der Waals surface area contributed by atoms with Crippen LogP contribution in [0.2, 0.25) is 0 Å². The minimum Gasteiger partial charge on any atom is -0.338 e. The molecule has 108 valence electrons. The highest BCUT2D eigenvalue weighted by Gasteiger charge is 2.23. The molecule has 3 nitrogen and oxygen atoms in total. The van der Waals surface area contributed by atoms with Gasteiger partial charge in [-0.1, -0.05) is 35.9 Å². The van der Waals surface area contributed by atoms with Gasteiger partial charge in [0.15, 0.2) is 0 Å². The van der Waals surface area contributed by atoms with Crippen molar-refractivity contribution in [2.75, 3.05) is 19.6 Å². The SMILES string of the molecule is C=CC1CCN(C(=O)NCCCc2cccc(C)c2)C1. The zero-order valence-electron chi connectivity index (χ0n) is 12.3. The molecule has 1 aromatic carbocycles. The van der Waals surface area contributed by atoms with Crippen molar-refractivity contribution in [3.63, 3.8) is 0 Å². The Kier molecular flexibility index (Phi) is 5.22. The fourth-order valence-corrected chi connectivity index (χ4v) is 2.63. The maximum absolute atomic E-state index is 12.0. The molecule has 3 heteroatoms. The number of hydrogen-bond acceptors (Lipinski definition) is 1. The number of carbonyl (C=O) groups is 1. The summed E-state index contributed by atoms with van der Waals surface area (Å²) in [4.78, 5) is 13.8. The Morgan fingerprint density at radius 2 is 2.40 bits per heavy atom. The van der Waals surface area contributed by atoms with Crippen LogP contribution in [0.4, 0.5) is 4.79 Å². The minimum absolute atomic E-state index is 0.0681. The van der Waals surface area contributed by atoms with Gasteiger partial charge in [-0.25, -0.2) is 4.79 Å². The van der Waals surface area contributed by atoms with Gasteiger partial charge in [-0.05, 0) is 37.7 Å². The highest BCUT2D eigenvalue weighted by molar-refractivity contribution is 5.74. The Morgan fingerprint density at radius 1 is 1.55 bits per heavy atom. The number of benzene rings is 1. The summed E-state index contributed by atoms with van der Waals surface area (Å²) in [7, 11) is 0. The van der Waals surface area contributed by atoms with Gasteiger partial charge in [0.1, 0.15) is 0 Å². The van der Waals surface area contributed by atoms with Gasteiger partial charge in [-0.15, -0.1) is 6.58 Å². The molecular formula is C17H24N2O. The Hall–Kier alpha value is -1.77. The first-order valence-electron chi connectivity index (χ1n) is 7.40. The quantitative estimate of drug-likeness (QED) is 0.648. The standard InChI is InChI=1S/C17H24N2O/c1-3-15-9-11-19(13-15)17(20)18-10-5-8-16-7-4-6-14(2)12-16/h3-4,6-7,12,15H,1,5,8-11,13H2,2H3,(H,18,20). The molecule has 2 rings (SSSR count). The summed E-state index contributed by atoms with van der Waals surface area (Å²) < 4.78 is 0. The summed E-state index contributed by atoms with van der Waals surface area (Å²) in [6, 6.07) is 8.61. The lowest BCUT2D eigenvalue weighted by Crippen LogP contribution is -2.38. The fraction of sp³-hybridized carbons (Fsp3) is 0.471. The molecule has 1 unspecified atom stereocenters. The predicted molar refractivity (Wildman–Crippen MR) is 82.8 cm³/mol. The summed E-state index contributed by atoms with van der Waals surface area (Å²) in [5.74, 6) is 0.466. The Labute approximate surface area is 121 Å². The first-order chi connectivity index (χ1) is 9.69. The van der Waals surface area contributed by atoms with E-state index >= 15 is 0 Å². The minimum atomic E-state index is 0.0681. The molecule has 1 heterocycles. The van der Waals surface area contributed by atoms with E-state index in [2.05, 4.69) is 43.1 Å². The van der Waals surface area contributed by atoms with Crippen molar-refractivity contribution in [2.45, 2.75) is 26.2 Å². The molecule has 1 aliphatic rings. The number of nitrogens with one attached hydrogen (secondary N) is 1. The van der Waals surface area contributed by atoms with Crippen molar-refractivity contribution in [1.29, 1.82) is 0 Å². The zero-order chi connectivity index (χ0) is 14.4. The van der Waals surface area contributed by atoms with Gasteiger partial charge in [-0.2, -0.15) is 0 Å². The molecule has 1 fully saturated rings. The highest BCUT2D eigenvalue weighted by Crippen LogP contribution is 2.16. The second-order valence-corrected chi connectivity index (χ2v) is 5.56. The molecule has 0 bridgehead atoms. The molecule has 20 heavy (non-hydrogen) atoms. The maximum atomic E-state index is 12.0. The second kappa shape index (κ2) is 7.13. The molecular weight excluding hydrogens is 248 g/mol. The van der Waals surface area contributed by atoms with Crippen molar-refractivity contribution in [1.82, 2.24) is 10.2 Å². The van der Waals surface area contributed by atoms with Gasteiger partial charge in [0, 0.05) is 19.6 Å². The molecule has 1 aromatic rings. The van der Waals surface area contributed by atoms with Crippen molar-refractivity contribution in [3.8, 4) is 0 Å². The number of amides is 2. The van der Waals surface area contributed by atoms with Crippen LogP contribution >= 0.6 is 0 Å². The van der Waals surface area contributed by atoms with Crippen molar-refractivity contribution in [2.24, 2.45) is 5.92 Å². The first kappa shape index (κ1) is 14.6. The van der Waals surface area contributed by atoms with E-state index in [4.69, 9.17) is 0 Å². The molecule has 0 aromatic heterocycles. The third-order valence-electron chi connectivity index (χ3n) is 3.85. The fourth-order valence-electron chi connectivity index (χ4n) is 2.63. The Morgan fingerprint density at radius 3 is 3.10 bits per heavy atom. The van der Waals surface area contributed by atoms with E-state index in [1.54, 1.807) is 0 Å². The number of nitrogens with zero attached hydrogens (tertiary/aromatic N) is 1. The average molecular weight is 272 g/mol. The van der Waals surface area contributed by atoms with Crippen LogP contribution in [0.3, 0.4) is 0 Å². The smallest absolute Gasteiger partial charge is 0.317 e. The molecule has 1 aliphatic heterocycles.